The lowest BCUT2D eigenvalue weighted by molar-refractivity contribution is -0.112. The Balaban J connectivity index is 1.85. The van der Waals surface area contributed by atoms with Gasteiger partial charge in [0.15, 0.2) is 0 Å². The van der Waals surface area contributed by atoms with Gasteiger partial charge < -0.3 is 14.8 Å². The highest BCUT2D eigenvalue weighted by molar-refractivity contribution is 6.09. The van der Waals surface area contributed by atoms with E-state index in [0.717, 1.165) is 11.1 Å². The van der Waals surface area contributed by atoms with E-state index in [1.807, 2.05) is 55.5 Å². The average molecular weight is 398 g/mol. The van der Waals surface area contributed by atoms with Gasteiger partial charge in [-0.05, 0) is 42.8 Å². The molecule has 1 N–H and O–H groups in total. The van der Waals surface area contributed by atoms with Crippen LogP contribution in [-0.4, -0.2) is 13.0 Å². The second-order valence-corrected chi connectivity index (χ2v) is 6.67. The summed E-state index contributed by atoms with van der Waals surface area (Å²) in [6.07, 6.45) is 1.52. The molecule has 0 heterocycles. The second kappa shape index (κ2) is 9.94. The summed E-state index contributed by atoms with van der Waals surface area (Å²) < 4.78 is 11.3. The highest BCUT2D eigenvalue weighted by Crippen LogP contribution is 2.28. The van der Waals surface area contributed by atoms with Crippen LogP contribution in [0, 0.1) is 18.3 Å². The Morgan fingerprint density at radius 1 is 1.07 bits per heavy atom. The summed E-state index contributed by atoms with van der Waals surface area (Å²) in [7, 11) is 1.57. The molecule has 1 amide bonds. The van der Waals surface area contributed by atoms with Crippen molar-refractivity contribution in [2.75, 3.05) is 12.4 Å². The summed E-state index contributed by atoms with van der Waals surface area (Å²) in [5, 5.41) is 12.2. The van der Waals surface area contributed by atoms with Crippen LogP contribution in [0.2, 0.25) is 0 Å². The first-order valence-corrected chi connectivity index (χ1v) is 9.43. The van der Waals surface area contributed by atoms with E-state index in [2.05, 4.69) is 5.32 Å². The fourth-order valence-corrected chi connectivity index (χ4v) is 2.87. The molecule has 5 nitrogen and oxygen atoms in total. The third-order valence-corrected chi connectivity index (χ3v) is 4.39. The van der Waals surface area contributed by atoms with Crippen molar-refractivity contribution < 1.29 is 14.3 Å². The minimum Gasteiger partial charge on any atom is -0.497 e. The minimum absolute atomic E-state index is 0.0237. The van der Waals surface area contributed by atoms with E-state index in [1.54, 1.807) is 37.4 Å². The Morgan fingerprint density at radius 2 is 1.87 bits per heavy atom. The zero-order valence-corrected chi connectivity index (χ0v) is 16.9. The number of amides is 1. The van der Waals surface area contributed by atoms with Gasteiger partial charge in [-0.25, -0.2) is 0 Å². The molecule has 0 aliphatic heterocycles. The third kappa shape index (κ3) is 5.49. The molecule has 0 aliphatic carbocycles. The predicted molar refractivity (Wildman–Crippen MR) is 117 cm³/mol. The highest BCUT2D eigenvalue weighted by Gasteiger charge is 2.12. The number of nitrogens with one attached hydrogen (secondary N) is 1. The molecule has 0 fully saturated rings. The van der Waals surface area contributed by atoms with E-state index in [0.29, 0.717) is 29.4 Å². The standard InChI is InChI=1S/C25H22N2O3/c1-18-7-6-8-19(13-18)17-30-24-15-23(29-2)12-11-20(24)14-21(16-26)25(28)27-22-9-4-3-5-10-22/h3-15H,17H2,1-2H3,(H,27,28)/b21-14+. The maximum Gasteiger partial charge on any atom is 0.266 e. The first-order chi connectivity index (χ1) is 14.6. The molecule has 0 spiro atoms. The van der Waals surface area contributed by atoms with Crippen molar-refractivity contribution in [2.45, 2.75) is 13.5 Å². The van der Waals surface area contributed by atoms with Crippen LogP contribution in [0.25, 0.3) is 6.08 Å². The number of benzene rings is 3. The quantitative estimate of drug-likeness (QED) is 0.442. The van der Waals surface area contributed by atoms with E-state index in [4.69, 9.17) is 9.47 Å². The monoisotopic (exact) mass is 398 g/mol. The number of methoxy groups -OCH3 is 1. The van der Waals surface area contributed by atoms with E-state index in [-0.39, 0.29) is 5.57 Å². The molecule has 0 radical (unpaired) electrons. The van der Waals surface area contributed by atoms with E-state index < -0.39 is 5.91 Å². The van der Waals surface area contributed by atoms with Gasteiger partial charge in [0, 0.05) is 17.3 Å². The fourth-order valence-electron chi connectivity index (χ4n) is 2.87. The number of aryl methyl sites for hydroxylation is 1. The largest absolute Gasteiger partial charge is 0.497 e. The Kier molecular flexibility index (Phi) is 6.86. The second-order valence-electron chi connectivity index (χ2n) is 6.67. The number of anilines is 1. The number of carbonyl (C=O) groups is 1. The Bertz CT molecular complexity index is 1100. The van der Waals surface area contributed by atoms with Crippen LogP contribution in [0.15, 0.2) is 78.4 Å². The van der Waals surface area contributed by atoms with Gasteiger partial charge in [-0.3, -0.25) is 4.79 Å². The molecule has 0 unspecified atom stereocenters. The molecule has 30 heavy (non-hydrogen) atoms. The van der Waals surface area contributed by atoms with Crippen molar-refractivity contribution in [3.8, 4) is 17.6 Å². The van der Waals surface area contributed by atoms with Crippen molar-refractivity contribution in [3.05, 3.63) is 95.1 Å². The van der Waals surface area contributed by atoms with Gasteiger partial charge in [0.05, 0.1) is 7.11 Å². The lowest BCUT2D eigenvalue weighted by atomic mass is 10.1. The predicted octanol–water partition coefficient (Wildman–Crippen LogP) is 5.13. The number of hydrogen-bond donors (Lipinski definition) is 1. The number of rotatable bonds is 7. The zero-order chi connectivity index (χ0) is 21.3. The number of hydrogen-bond acceptors (Lipinski definition) is 4. The minimum atomic E-state index is -0.482. The lowest BCUT2D eigenvalue weighted by Crippen LogP contribution is -2.13. The molecule has 5 heteroatoms. The average Bonchev–Trinajstić information content (AvgIpc) is 2.77. The van der Waals surface area contributed by atoms with Gasteiger partial charge in [-0.1, -0.05) is 48.0 Å². The van der Waals surface area contributed by atoms with Crippen LogP contribution < -0.4 is 14.8 Å². The lowest BCUT2D eigenvalue weighted by Gasteiger charge is -2.12. The Labute approximate surface area is 176 Å². The van der Waals surface area contributed by atoms with E-state index in [1.165, 1.54) is 6.08 Å². The van der Waals surface area contributed by atoms with Gasteiger partial charge in [-0.15, -0.1) is 0 Å². The molecular weight excluding hydrogens is 376 g/mol. The van der Waals surface area contributed by atoms with Crippen LogP contribution in [0.4, 0.5) is 5.69 Å². The maximum absolute atomic E-state index is 12.5. The number of carbonyl (C=O) groups excluding carboxylic acids is 1. The summed E-state index contributed by atoms with van der Waals surface area (Å²) in [4.78, 5) is 12.5. The first-order valence-electron chi connectivity index (χ1n) is 9.43. The molecule has 0 aliphatic rings. The molecule has 3 aromatic rings. The summed E-state index contributed by atoms with van der Waals surface area (Å²) in [5.41, 5.74) is 3.38. The molecule has 3 rings (SSSR count). The van der Waals surface area contributed by atoms with Crippen LogP contribution >= 0.6 is 0 Å². The molecule has 0 aromatic heterocycles. The third-order valence-electron chi connectivity index (χ3n) is 4.39. The molecule has 0 bridgehead atoms. The van der Waals surface area contributed by atoms with Gasteiger partial charge in [0.2, 0.25) is 0 Å². The SMILES string of the molecule is COc1ccc(/C=C(\C#N)C(=O)Nc2ccccc2)c(OCc2cccc(C)c2)c1. The summed E-state index contributed by atoms with van der Waals surface area (Å²) in [6, 6.07) is 24.3. The van der Waals surface area contributed by atoms with Crippen molar-refractivity contribution in [1.82, 2.24) is 0 Å². The van der Waals surface area contributed by atoms with Crippen molar-refractivity contribution in [3.63, 3.8) is 0 Å². The Morgan fingerprint density at radius 3 is 2.57 bits per heavy atom. The topological polar surface area (TPSA) is 71.3 Å². The smallest absolute Gasteiger partial charge is 0.266 e. The molecule has 3 aromatic carbocycles. The normalized spacial score (nSPS) is 10.8. The summed E-state index contributed by atoms with van der Waals surface area (Å²) in [6.45, 7) is 2.38. The van der Waals surface area contributed by atoms with Gasteiger partial charge in [0.25, 0.3) is 5.91 Å². The number of para-hydroxylation sites is 1. The van der Waals surface area contributed by atoms with Crippen LogP contribution in [0.1, 0.15) is 16.7 Å². The molecule has 0 saturated carbocycles. The van der Waals surface area contributed by atoms with E-state index >= 15 is 0 Å². The molecular formula is C25H22N2O3. The molecule has 0 atom stereocenters. The summed E-state index contributed by atoms with van der Waals surface area (Å²) >= 11 is 0. The van der Waals surface area contributed by atoms with Crippen LogP contribution in [0.5, 0.6) is 11.5 Å². The van der Waals surface area contributed by atoms with Crippen molar-refractivity contribution >= 4 is 17.7 Å². The van der Waals surface area contributed by atoms with E-state index in [9.17, 15) is 10.1 Å². The number of nitrogens with zero attached hydrogens (tertiary/aromatic N) is 1. The van der Waals surface area contributed by atoms with Crippen molar-refractivity contribution in [1.29, 1.82) is 5.26 Å². The van der Waals surface area contributed by atoms with Crippen molar-refractivity contribution in [2.24, 2.45) is 0 Å². The van der Waals surface area contributed by atoms with Crippen LogP contribution in [0.3, 0.4) is 0 Å². The molecule has 150 valence electrons. The van der Waals surface area contributed by atoms with Gasteiger partial charge in [0.1, 0.15) is 29.7 Å². The van der Waals surface area contributed by atoms with Crippen LogP contribution in [-0.2, 0) is 11.4 Å². The fraction of sp³-hybridized carbons (Fsp3) is 0.120. The van der Waals surface area contributed by atoms with Gasteiger partial charge in [-0.2, -0.15) is 5.26 Å². The number of nitriles is 1. The highest BCUT2D eigenvalue weighted by atomic mass is 16.5. The maximum atomic E-state index is 12.5. The summed E-state index contributed by atoms with van der Waals surface area (Å²) in [5.74, 6) is 0.666. The molecule has 0 saturated heterocycles. The zero-order valence-electron chi connectivity index (χ0n) is 16.9. The Hall–Kier alpha value is -4.04. The number of ether oxygens (including phenoxy) is 2. The first kappa shape index (κ1) is 20.7. The van der Waals surface area contributed by atoms with Gasteiger partial charge >= 0.3 is 0 Å².